The first kappa shape index (κ1) is 15.8. The molecule has 2 atom stereocenters. The molecule has 2 unspecified atom stereocenters. The van der Waals surface area contributed by atoms with Gasteiger partial charge in [-0.25, -0.2) is 0 Å². The van der Waals surface area contributed by atoms with Crippen LogP contribution in [0.5, 0.6) is 0 Å². The summed E-state index contributed by atoms with van der Waals surface area (Å²) in [4.78, 5) is 0. The van der Waals surface area contributed by atoms with E-state index in [9.17, 15) is 0 Å². The van der Waals surface area contributed by atoms with E-state index in [1.54, 1.807) is 0 Å². The van der Waals surface area contributed by atoms with Crippen molar-refractivity contribution in [3.05, 3.63) is 29.8 Å². The molecule has 2 nitrogen and oxygen atoms in total. The van der Waals surface area contributed by atoms with Gasteiger partial charge in [-0.05, 0) is 0 Å². The normalized spacial score (nSPS) is 16.5. The Labute approximate surface area is 120 Å². The fourth-order valence-corrected chi connectivity index (χ4v) is 12.3. The summed E-state index contributed by atoms with van der Waals surface area (Å²) in [5.74, 6) is 0.755. The van der Waals surface area contributed by atoms with Crippen LogP contribution in [-0.2, 0) is 3.07 Å². The molecule has 5 heteroatoms. The molecule has 0 fully saturated rings. The van der Waals surface area contributed by atoms with Gasteiger partial charge in [0.25, 0.3) is 0 Å². The third-order valence-electron chi connectivity index (χ3n) is 2.73. The van der Waals surface area contributed by atoms with Crippen molar-refractivity contribution < 1.29 is 3.07 Å². The Balaban J connectivity index is 3.10. The van der Waals surface area contributed by atoms with Crippen LogP contribution in [0.4, 0.5) is 0 Å². The van der Waals surface area contributed by atoms with Gasteiger partial charge in [-0.15, -0.1) is 0 Å². The van der Waals surface area contributed by atoms with Crippen molar-refractivity contribution in [1.29, 1.82) is 0 Å². The molecule has 0 aliphatic heterocycles. The third kappa shape index (κ3) is 4.13. The second-order valence-electron chi connectivity index (χ2n) is 4.03. The topological polar surface area (TPSA) is 35.2 Å². The standard InChI is InChI=1S/C8H10N.C2H5OS.C2H5.BrH.Sn/c1-7(9)8-5-3-2-4-6-8;3-1-2-4;1-2;;/h2-5,7H,9H2,1H3;4H,1-2H2;1H2,2H3;1H;/q;-1;;;+2/p-1. The fourth-order valence-electron chi connectivity index (χ4n) is 1.81. The summed E-state index contributed by atoms with van der Waals surface area (Å²) in [6, 6.07) is 8.41. The van der Waals surface area contributed by atoms with Gasteiger partial charge < -0.3 is 0 Å². The maximum absolute atomic E-state index is 6.10. The summed E-state index contributed by atoms with van der Waals surface area (Å²) in [7, 11) is 0. The molecule has 0 saturated carbocycles. The molecule has 96 valence electrons. The van der Waals surface area contributed by atoms with Gasteiger partial charge in [-0.3, -0.25) is 0 Å². The Bertz CT molecular complexity index is 364. The van der Waals surface area contributed by atoms with Crippen LogP contribution in [-0.4, -0.2) is 28.9 Å². The first-order valence-corrected chi connectivity index (χ1v) is 17.5. The van der Waals surface area contributed by atoms with E-state index in [-0.39, 0.29) is 6.04 Å². The molecule has 1 aromatic rings. The van der Waals surface area contributed by atoms with Crippen molar-refractivity contribution in [2.24, 2.45) is 5.73 Å². The van der Waals surface area contributed by atoms with Gasteiger partial charge in [0.2, 0.25) is 0 Å². The van der Waals surface area contributed by atoms with E-state index >= 15 is 0 Å². The number of hydrogen-bond donors (Lipinski definition) is 2. The van der Waals surface area contributed by atoms with Crippen molar-refractivity contribution in [2.45, 2.75) is 24.3 Å². The number of nitrogens with two attached hydrogens (primary N) is 1. The molecule has 1 rings (SSSR count). The van der Waals surface area contributed by atoms with Gasteiger partial charge >= 0.3 is 121 Å². The van der Waals surface area contributed by atoms with Crippen LogP contribution in [0, 0.1) is 0 Å². The van der Waals surface area contributed by atoms with Crippen LogP contribution in [0.2, 0.25) is 4.44 Å². The minimum absolute atomic E-state index is 0.0472. The Morgan fingerprint density at radius 3 is 2.65 bits per heavy atom. The Morgan fingerprint density at radius 2 is 2.12 bits per heavy atom. The monoisotopic (exact) mass is 425 g/mol. The van der Waals surface area contributed by atoms with E-state index in [0.29, 0.717) is 6.61 Å². The van der Waals surface area contributed by atoms with Gasteiger partial charge in [0.05, 0.1) is 0 Å². The molecule has 0 amide bonds. The van der Waals surface area contributed by atoms with Crippen molar-refractivity contribution >= 4 is 45.5 Å². The quantitative estimate of drug-likeness (QED) is 0.544. The van der Waals surface area contributed by atoms with Gasteiger partial charge in [0.1, 0.15) is 0 Å². The summed E-state index contributed by atoms with van der Waals surface area (Å²) >= 11 is 5.27. The van der Waals surface area contributed by atoms with E-state index in [4.69, 9.17) is 8.81 Å². The maximum atomic E-state index is 6.10. The summed E-state index contributed by atoms with van der Waals surface area (Å²) in [5, 5.41) is 0. The molecular weight excluding hydrogens is 405 g/mol. The number of rotatable bonds is 6. The van der Waals surface area contributed by atoms with Crippen LogP contribution in [0.15, 0.2) is 24.3 Å². The second-order valence-corrected chi connectivity index (χ2v) is 21.6. The summed E-state index contributed by atoms with van der Waals surface area (Å²) in [5.41, 5.74) is 7.25. The van der Waals surface area contributed by atoms with E-state index in [1.807, 2.05) is 13.0 Å². The number of halogens is 1. The van der Waals surface area contributed by atoms with Crippen molar-refractivity contribution in [3.63, 3.8) is 0 Å². The van der Waals surface area contributed by atoms with Crippen molar-refractivity contribution in [2.75, 3.05) is 12.4 Å². The minimum atomic E-state index is -2.86. The predicted molar refractivity (Wildman–Crippen MR) is 83.6 cm³/mol. The molecular formula is C12H20BrNOSSn. The second kappa shape index (κ2) is 7.38. The predicted octanol–water partition coefficient (Wildman–Crippen LogP) is 2.72. The molecule has 17 heavy (non-hydrogen) atoms. The number of thiol groups is 1. The van der Waals surface area contributed by atoms with E-state index in [2.05, 4.69) is 50.5 Å². The third-order valence-corrected chi connectivity index (χ3v) is 19.2. The molecule has 0 aliphatic carbocycles. The van der Waals surface area contributed by atoms with Crippen LogP contribution in [0.25, 0.3) is 0 Å². The first-order valence-electron chi connectivity index (χ1n) is 5.84. The Morgan fingerprint density at radius 1 is 1.47 bits per heavy atom. The first-order chi connectivity index (χ1) is 8.05. The zero-order valence-electron chi connectivity index (χ0n) is 10.3. The Hall–Kier alpha value is 0.769. The molecule has 0 aliphatic rings. The van der Waals surface area contributed by atoms with Gasteiger partial charge in [0, 0.05) is 0 Å². The van der Waals surface area contributed by atoms with E-state index in [1.165, 1.54) is 9.14 Å². The average Bonchev–Trinajstić information content (AvgIpc) is 2.36. The zero-order valence-corrected chi connectivity index (χ0v) is 15.7. The van der Waals surface area contributed by atoms with Crippen LogP contribution >= 0.6 is 25.3 Å². The van der Waals surface area contributed by atoms with Gasteiger partial charge in [-0.2, -0.15) is 0 Å². The van der Waals surface area contributed by atoms with Crippen LogP contribution in [0.1, 0.15) is 25.5 Å². The van der Waals surface area contributed by atoms with Crippen LogP contribution in [0.3, 0.4) is 0 Å². The van der Waals surface area contributed by atoms with E-state index in [0.717, 1.165) is 10.2 Å². The molecule has 1 aromatic carbocycles. The zero-order chi connectivity index (χ0) is 12.9. The van der Waals surface area contributed by atoms with E-state index < -0.39 is 16.6 Å². The van der Waals surface area contributed by atoms with Gasteiger partial charge in [0.15, 0.2) is 0 Å². The van der Waals surface area contributed by atoms with Crippen LogP contribution < -0.4 is 9.31 Å². The fraction of sp³-hybridized carbons (Fsp3) is 0.500. The molecule has 0 heterocycles. The molecule has 0 bridgehead atoms. The molecule has 0 saturated heterocycles. The number of benzene rings is 1. The molecule has 0 aromatic heterocycles. The summed E-state index contributed by atoms with van der Waals surface area (Å²) < 4.78 is 8.47. The van der Waals surface area contributed by atoms with Gasteiger partial charge in [-0.1, -0.05) is 0 Å². The molecule has 2 N–H and O–H groups in total. The average molecular weight is 425 g/mol. The SMILES string of the molecule is C[CH2][Sn]([Br])([O]CCS)[c]1ccccc1C(C)N. The van der Waals surface area contributed by atoms with Crippen molar-refractivity contribution in [1.82, 2.24) is 0 Å². The Kier molecular flexibility index (Phi) is 6.87. The number of hydrogen-bond acceptors (Lipinski definition) is 3. The molecule has 0 radical (unpaired) electrons. The summed E-state index contributed by atoms with van der Waals surface area (Å²) in [6.07, 6.45) is 0. The molecule has 0 spiro atoms. The summed E-state index contributed by atoms with van der Waals surface area (Å²) in [6.45, 7) is 4.90. The van der Waals surface area contributed by atoms with Crippen molar-refractivity contribution in [3.8, 4) is 0 Å².